The Labute approximate surface area is 445 Å². The second-order valence-corrected chi connectivity index (χ2v) is 21.5. The maximum absolute atomic E-state index is 2.54. The molecule has 1 spiro atoms. The molecule has 0 N–H and O–H groups in total. The maximum Gasteiger partial charge on any atom is 0.0720 e. The maximum atomic E-state index is 2.54. The van der Waals surface area contributed by atoms with E-state index in [1.807, 2.05) is 0 Å². The van der Waals surface area contributed by atoms with Gasteiger partial charge in [0.25, 0.3) is 0 Å². The van der Waals surface area contributed by atoms with Crippen molar-refractivity contribution in [2.24, 2.45) is 0 Å². The van der Waals surface area contributed by atoms with Crippen LogP contribution in [0.2, 0.25) is 0 Å². The van der Waals surface area contributed by atoms with Gasteiger partial charge in [-0.3, -0.25) is 0 Å². The summed E-state index contributed by atoms with van der Waals surface area (Å²) in [6.07, 6.45) is 0. The van der Waals surface area contributed by atoms with E-state index in [1.165, 1.54) is 111 Å². The zero-order valence-electron chi connectivity index (χ0n) is 42.6. The lowest BCUT2D eigenvalue weighted by Crippen LogP contribution is -2.44. The second kappa shape index (κ2) is 16.9. The minimum Gasteiger partial charge on any atom is -0.310 e. The molecule has 0 saturated carbocycles. The van der Waals surface area contributed by atoms with Gasteiger partial charge in [0.1, 0.15) is 0 Å². The fourth-order valence-corrected chi connectivity index (χ4v) is 14.2. The van der Waals surface area contributed by atoms with Crippen LogP contribution in [0.3, 0.4) is 0 Å². The van der Waals surface area contributed by atoms with Gasteiger partial charge < -0.3 is 4.90 Å². The third kappa shape index (κ3) is 6.14. The number of nitrogens with zero attached hydrogens (tertiary/aromatic N) is 1. The lowest BCUT2D eigenvalue weighted by atomic mass is 9.51. The normalized spacial score (nSPS) is 14.5. The quantitative estimate of drug-likeness (QED) is 0.154. The highest BCUT2D eigenvalue weighted by Crippen LogP contribution is 2.65. The van der Waals surface area contributed by atoms with E-state index in [2.05, 4.69) is 304 Å². The van der Waals surface area contributed by atoms with Crippen molar-refractivity contribution in [2.45, 2.75) is 30.1 Å². The summed E-state index contributed by atoms with van der Waals surface area (Å²) < 4.78 is 0. The fourth-order valence-electron chi connectivity index (χ4n) is 14.2. The third-order valence-corrected chi connectivity index (χ3v) is 17.4. The predicted octanol–water partition coefficient (Wildman–Crippen LogP) is 19.0. The number of hydrogen-bond acceptors (Lipinski definition) is 1. The summed E-state index contributed by atoms with van der Waals surface area (Å²) >= 11 is 0. The highest BCUT2D eigenvalue weighted by molar-refractivity contribution is 6.07. The molecule has 0 fully saturated rings. The minimum atomic E-state index is -0.596. The zero-order valence-corrected chi connectivity index (χ0v) is 42.6. The SMILES string of the molecule is CC1(C)c2ccccc2-c2ccc(N(c3ccc(-c4ccccc4)cc3)c3ccc(-c4ccc5c(c4)C4(c6ccccc6-5)c5ccccc5C(c5ccccc5)(c5ccccc5)c5ccccc54)c4ccccc34)cc21. The number of rotatable bonds is 7. The predicted molar refractivity (Wildman–Crippen MR) is 316 cm³/mol. The van der Waals surface area contributed by atoms with Crippen LogP contribution < -0.4 is 4.90 Å². The first-order chi connectivity index (χ1) is 37.5. The van der Waals surface area contributed by atoms with Crippen molar-refractivity contribution in [1.29, 1.82) is 0 Å². The van der Waals surface area contributed by atoms with Crippen molar-refractivity contribution in [3.05, 3.63) is 341 Å². The zero-order chi connectivity index (χ0) is 50.6. The Kier molecular flexibility index (Phi) is 9.81. The molecule has 1 heteroatoms. The van der Waals surface area contributed by atoms with Crippen molar-refractivity contribution in [3.8, 4) is 44.5 Å². The lowest BCUT2D eigenvalue weighted by molar-refractivity contribution is 0.624. The standard InChI is InChI=1S/C75H53N/c1-73(2)64-32-16-14-29-59(64)61-45-43-56(49-70(61)73)76(55-41-38-51(39-42-55)50-22-6-3-7-23-50)72-47-46-57(58-28-12-13-31-63(58)72)52-40-44-62-60-30-15-17-33-65(60)75(71(62)48-52)68-36-20-18-34-66(68)74(53-24-8-4-9-25-53,54-26-10-5-11-27-54)67-35-19-21-37-69(67)75/h3-49H,1-2H3. The van der Waals surface area contributed by atoms with Crippen LogP contribution in [-0.4, -0.2) is 0 Å². The number of fused-ring (bicyclic) bond motifs is 13. The molecule has 0 heterocycles. The van der Waals surface area contributed by atoms with E-state index in [1.54, 1.807) is 0 Å². The van der Waals surface area contributed by atoms with Crippen LogP contribution in [0.1, 0.15) is 69.5 Å². The van der Waals surface area contributed by atoms with Crippen molar-refractivity contribution >= 4 is 27.8 Å². The van der Waals surface area contributed by atoms with Crippen LogP contribution in [0.25, 0.3) is 55.3 Å². The molecule has 0 radical (unpaired) electrons. The van der Waals surface area contributed by atoms with Crippen LogP contribution in [-0.2, 0) is 16.2 Å². The van der Waals surface area contributed by atoms with Gasteiger partial charge in [0, 0.05) is 22.2 Å². The number of hydrogen-bond donors (Lipinski definition) is 0. The smallest absolute Gasteiger partial charge is 0.0720 e. The Hall–Kier alpha value is -9.30. The van der Waals surface area contributed by atoms with E-state index >= 15 is 0 Å². The summed E-state index contributed by atoms with van der Waals surface area (Å²) in [5.74, 6) is 0. The second-order valence-electron chi connectivity index (χ2n) is 21.5. The molecular formula is C75H53N. The highest BCUT2D eigenvalue weighted by atomic mass is 15.1. The van der Waals surface area contributed by atoms with Crippen LogP contribution in [0.4, 0.5) is 17.1 Å². The molecule has 12 aromatic carbocycles. The summed E-state index contributed by atoms with van der Waals surface area (Å²) in [5, 5.41) is 2.40. The molecule has 0 saturated heterocycles. The molecular weight excluding hydrogens is 915 g/mol. The average molecular weight is 968 g/mol. The summed E-state index contributed by atoms with van der Waals surface area (Å²) in [7, 11) is 0. The first-order valence-corrected chi connectivity index (χ1v) is 26.7. The Morgan fingerprint density at radius 2 is 0.671 bits per heavy atom. The van der Waals surface area contributed by atoms with Crippen LogP contribution in [0, 0.1) is 0 Å². The largest absolute Gasteiger partial charge is 0.310 e. The Balaban J connectivity index is 0.942. The topological polar surface area (TPSA) is 3.24 Å². The van der Waals surface area contributed by atoms with E-state index in [0.717, 1.165) is 17.1 Å². The summed E-state index contributed by atoms with van der Waals surface area (Å²) in [6, 6.07) is 107. The Morgan fingerprint density at radius 3 is 1.30 bits per heavy atom. The van der Waals surface area contributed by atoms with Crippen molar-refractivity contribution in [2.75, 3.05) is 4.90 Å². The van der Waals surface area contributed by atoms with Gasteiger partial charge >= 0.3 is 0 Å². The number of anilines is 3. The third-order valence-electron chi connectivity index (χ3n) is 17.4. The van der Waals surface area contributed by atoms with Crippen LogP contribution >= 0.6 is 0 Å². The van der Waals surface area contributed by atoms with Crippen LogP contribution in [0.5, 0.6) is 0 Å². The average Bonchev–Trinajstić information content (AvgIpc) is 3.88. The molecule has 0 aromatic heterocycles. The molecule has 0 atom stereocenters. The lowest BCUT2D eigenvalue weighted by Gasteiger charge is -2.50. The molecule has 0 aliphatic heterocycles. The Morgan fingerprint density at radius 1 is 0.250 bits per heavy atom. The summed E-state index contributed by atoms with van der Waals surface area (Å²) in [5.41, 5.74) is 25.2. The molecule has 3 aliphatic rings. The molecule has 76 heavy (non-hydrogen) atoms. The van der Waals surface area contributed by atoms with Gasteiger partial charge in [-0.2, -0.15) is 0 Å². The first-order valence-electron chi connectivity index (χ1n) is 26.7. The van der Waals surface area contributed by atoms with E-state index in [-0.39, 0.29) is 5.41 Å². The van der Waals surface area contributed by atoms with E-state index < -0.39 is 10.8 Å². The minimum absolute atomic E-state index is 0.148. The van der Waals surface area contributed by atoms with Gasteiger partial charge in [0.05, 0.1) is 16.5 Å². The van der Waals surface area contributed by atoms with Crippen molar-refractivity contribution < 1.29 is 0 Å². The van der Waals surface area contributed by atoms with Gasteiger partial charge in [0.15, 0.2) is 0 Å². The molecule has 0 unspecified atom stereocenters. The van der Waals surface area contributed by atoms with Gasteiger partial charge in [0.2, 0.25) is 0 Å². The van der Waals surface area contributed by atoms with Gasteiger partial charge in [-0.15, -0.1) is 0 Å². The summed E-state index contributed by atoms with van der Waals surface area (Å²) in [6.45, 7) is 4.74. The molecule has 0 bridgehead atoms. The first kappa shape index (κ1) is 44.2. The highest BCUT2D eigenvalue weighted by Gasteiger charge is 2.56. The van der Waals surface area contributed by atoms with E-state index in [9.17, 15) is 0 Å². The van der Waals surface area contributed by atoms with Gasteiger partial charge in [-0.25, -0.2) is 0 Å². The number of benzene rings is 12. The van der Waals surface area contributed by atoms with Crippen LogP contribution in [0.15, 0.2) is 285 Å². The van der Waals surface area contributed by atoms with Gasteiger partial charge in [-0.1, -0.05) is 263 Å². The van der Waals surface area contributed by atoms with Crippen molar-refractivity contribution in [1.82, 2.24) is 0 Å². The molecule has 15 rings (SSSR count). The van der Waals surface area contributed by atoms with E-state index in [0.29, 0.717) is 0 Å². The molecule has 3 aliphatic carbocycles. The van der Waals surface area contributed by atoms with Crippen molar-refractivity contribution in [3.63, 3.8) is 0 Å². The monoisotopic (exact) mass is 967 g/mol. The molecule has 1 nitrogen and oxygen atoms in total. The molecule has 12 aromatic rings. The summed E-state index contributed by atoms with van der Waals surface area (Å²) in [4.78, 5) is 2.48. The fraction of sp³-hybridized carbons (Fsp3) is 0.0667. The molecule has 0 amide bonds. The Bertz CT molecular complexity index is 4150. The van der Waals surface area contributed by atoms with Gasteiger partial charge in [-0.05, 0) is 142 Å². The molecule has 358 valence electrons. The van der Waals surface area contributed by atoms with E-state index in [4.69, 9.17) is 0 Å².